The third-order valence-corrected chi connectivity index (χ3v) is 2.52. The Hall–Kier alpha value is -1.64. The molecule has 0 saturated heterocycles. The van der Waals surface area contributed by atoms with Crippen LogP contribution >= 0.6 is 0 Å². The van der Waals surface area contributed by atoms with Gasteiger partial charge < -0.3 is 4.74 Å². The van der Waals surface area contributed by atoms with Crippen molar-refractivity contribution >= 4 is 11.7 Å². The first-order chi connectivity index (χ1) is 7.97. The summed E-state index contributed by atoms with van der Waals surface area (Å²) in [5.74, 6) is -0.329. The Bertz CT molecular complexity index is 469. The molecule has 1 aromatic carbocycles. The van der Waals surface area contributed by atoms with Crippen molar-refractivity contribution in [1.82, 2.24) is 0 Å². The molecule has 0 radical (unpaired) electrons. The van der Waals surface area contributed by atoms with E-state index in [0.717, 1.165) is 12.0 Å². The fraction of sp³-hybridized carbons (Fsp3) is 0.429. The molecular weight excluding hydrogens is 214 g/mol. The molecule has 0 saturated carbocycles. The SMILES string of the molecule is CC(C)(C)OC(=O)C1=NCCc2ccccc21. The van der Waals surface area contributed by atoms with Gasteiger partial charge in [0.2, 0.25) is 0 Å². The van der Waals surface area contributed by atoms with E-state index in [4.69, 9.17) is 4.74 Å². The van der Waals surface area contributed by atoms with Crippen molar-refractivity contribution < 1.29 is 9.53 Å². The molecule has 0 N–H and O–H groups in total. The Balaban J connectivity index is 2.28. The summed E-state index contributed by atoms with van der Waals surface area (Å²) in [7, 11) is 0. The number of aliphatic imine (C=N–C) groups is 1. The van der Waals surface area contributed by atoms with E-state index in [-0.39, 0.29) is 5.97 Å². The van der Waals surface area contributed by atoms with Crippen LogP contribution in [-0.4, -0.2) is 23.8 Å². The standard InChI is InChI=1S/C14H17NO2/c1-14(2,3)17-13(16)12-11-7-5-4-6-10(11)8-9-15-12/h4-7H,8-9H2,1-3H3. The number of benzene rings is 1. The molecule has 0 unspecified atom stereocenters. The van der Waals surface area contributed by atoms with Gasteiger partial charge in [-0.15, -0.1) is 0 Å². The summed E-state index contributed by atoms with van der Waals surface area (Å²) >= 11 is 0. The fourth-order valence-corrected chi connectivity index (χ4v) is 1.84. The Morgan fingerprint density at radius 3 is 2.71 bits per heavy atom. The van der Waals surface area contributed by atoms with Crippen LogP contribution in [0, 0.1) is 0 Å². The largest absolute Gasteiger partial charge is 0.455 e. The number of nitrogens with zero attached hydrogens (tertiary/aromatic N) is 1. The van der Waals surface area contributed by atoms with Gasteiger partial charge in [0.1, 0.15) is 5.60 Å². The number of rotatable bonds is 1. The molecule has 0 atom stereocenters. The Morgan fingerprint density at radius 2 is 2.00 bits per heavy atom. The minimum absolute atomic E-state index is 0.329. The van der Waals surface area contributed by atoms with Crippen molar-refractivity contribution in [2.75, 3.05) is 6.54 Å². The molecule has 0 bridgehead atoms. The van der Waals surface area contributed by atoms with Crippen LogP contribution in [0.3, 0.4) is 0 Å². The molecule has 0 aromatic heterocycles. The van der Waals surface area contributed by atoms with Gasteiger partial charge in [-0.3, -0.25) is 4.99 Å². The van der Waals surface area contributed by atoms with Crippen LogP contribution in [0.5, 0.6) is 0 Å². The maximum Gasteiger partial charge on any atom is 0.357 e. The molecule has 1 heterocycles. The third-order valence-electron chi connectivity index (χ3n) is 2.52. The minimum atomic E-state index is -0.480. The van der Waals surface area contributed by atoms with Crippen molar-refractivity contribution in [2.24, 2.45) is 4.99 Å². The molecule has 0 aliphatic carbocycles. The summed E-state index contributed by atoms with van der Waals surface area (Å²) in [6, 6.07) is 7.87. The first-order valence-electron chi connectivity index (χ1n) is 5.83. The molecule has 17 heavy (non-hydrogen) atoms. The van der Waals surface area contributed by atoms with Gasteiger partial charge in [-0.25, -0.2) is 4.79 Å². The van der Waals surface area contributed by atoms with E-state index in [1.807, 2.05) is 45.0 Å². The molecule has 1 aliphatic heterocycles. The molecule has 0 fully saturated rings. The van der Waals surface area contributed by atoms with Crippen LogP contribution in [0.2, 0.25) is 0 Å². The quantitative estimate of drug-likeness (QED) is 0.696. The van der Waals surface area contributed by atoms with Gasteiger partial charge in [-0.2, -0.15) is 0 Å². The van der Waals surface area contributed by atoms with Crippen molar-refractivity contribution in [1.29, 1.82) is 0 Å². The molecule has 0 amide bonds. The Morgan fingerprint density at radius 1 is 1.29 bits per heavy atom. The molecule has 90 valence electrons. The van der Waals surface area contributed by atoms with E-state index >= 15 is 0 Å². The average molecular weight is 231 g/mol. The molecule has 1 aromatic rings. The zero-order valence-corrected chi connectivity index (χ0v) is 10.5. The van der Waals surface area contributed by atoms with Crippen molar-refractivity contribution in [3.05, 3.63) is 35.4 Å². The van der Waals surface area contributed by atoms with Gasteiger partial charge in [-0.05, 0) is 32.8 Å². The molecule has 3 nitrogen and oxygen atoms in total. The summed E-state index contributed by atoms with van der Waals surface area (Å²) < 4.78 is 5.36. The Labute approximate surface area is 102 Å². The highest BCUT2D eigenvalue weighted by atomic mass is 16.6. The second-order valence-corrected chi connectivity index (χ2v) is 5.14. The number of carbonyl (C=O) groups is 1. The highest BCUT2D eigenvalue weighted by Gasteiger charge is 2.25. The maximum atomic E-state index is 12.0. The summed E-state index contributed by atoms with van der Waals surface area (Å²) in [4.78, 5) is 16.3. The van der Waals surface area contributed by atoms with E-state index < -0.39 is 5.60 Å². The third kappa shape index (κ3) is 2.73. The number of fused-ring (bicyclic) bond motifs is 1. The van der Waals surface area contributed by atoms with Crippen molar-refractivity contribution in [3.63, 3.8) is 0 Å². The van der Waals surface area contributed by atoms with Crippen molar-refractivity contribution in [3.8, 4) is 0 Å². The fourth-order valence-electron chi connectivity index (χ4n) is 1.84. The molecule has 3 heteroatoms. The summed E-state index contributed by atoms with van der Waals surface area (Å²) in [6.45, 7) is 6.24. The van der Waals surface area contributed by atoms with E-state index in [2.05, 4.69) is 4.99 Å². The smallest absolute Gasteiger partial charge is 0.357 e. The van der Waals surface area contributed by atoms with Crippen LogP contribution in [0.4, 0.5) is 0 Å². The Kier molecular flexibility index (Phi) is 3.01. The van der Waals surface area contributed by atoms with Gasteiger partial charge in [0.25, 0.3) is 0 Å². The highest BCUT2D eigenvalue weighted by molar-refractivity contribution is 6.43. The number of hydrogen-bond acceptors (Lipinski definition) is 3. The summed E-state index contributed by atoms with van der Waals surface area (Å²) in [5, 5.41) is 0. The van der Waals surface area contributed by atoms with Gasteiger partial charge >= 0.3 is 5.97 Å². The second-order valence-electron chi connectivity index (χ2n) is 5.14. The van der Waals surface area contributed by atoms with Gasteiger partial charge in [0.15, 0.2) is 5.71 Å². The van der Waals surface area contributed by atoms with Crippen LogP contribution in [-0.2, 0) is 16.0 Å². The normalized spacial score (nSPS) is 14.9. The van der Waals surface area contributed by atoms with E-state index in [1.165, 1.54) is 5.56 Å². The molecule has 1 aliphatic rings. The molecule has 2 rings (SSSR count). The lowest BCUT2D eigenvalue weighted by molar-refractivity contribution is -0.146. The number of esters is 1. The van der Waals surface area contributed by atoms with Crippen LogP contribution in [0.25, 0.3) is 0 Å². The minimum Gasteiger partial charge on any atom is -0.455 e. The zero-order chi connectivity index (χ0) is 12.5. The van der Waals surface area contributed by atoms with E-state index in [1.54, 1.807) is 0 Å². The first-order valence-corrected chi connectivity index (χ1v) is 5.83. The zero-order valence-electron chi connectivity index (χ0n) is 10.5. The number of ether oxygens (including phenoxy) is 1. The monoisotopic (exact) mass is 231 g/mol. The molecular formula is C14H17NO2. The van der Waals surface area contributed by atoms with E-state index in [9.17, 15) is 4.79 Å². The van der Waals surface area contributed by atoms with Gasteiger partial charge in [0.05, 0.1) is 0 Å². The topological polar surface area (TPSA) is 38.7 Å². The predicted molar refractivity (Wildman–Crippen MR) is 67.4 cm³/mol. The summed E-state index contributed by atoms with van der Waals surface area (Å²) in [5.41, 5.74) is 2.06. The summed E-state index contributed by atoms with van der Waals surface area (Å²) in [6.07, 6.45) is 0.891. The highest BCUT2D eigenvalue weighted by Crippen LogP contribution is 2.18. The lowest BCUT2D eigenvalue weighted by Crippen LogP contribution is -2.31. The van der Waals surface area contributed by atoms with Crippen LogP contribution < -0.4 is 0 Å². The van der Waals surface area contributed by atoms with Crippen LogP contribution in [0.1, 0.15) is 31.9 Å². The van der Waals surface area contributed by atoms with E-state index in [0.29, 0.717) is 12.3 Å². The van der Waals surface area contributed by atoms with Gasteiger partial charge in [-0.1, -0.05) is 24.3 Å². The first kappa shape index (κ1) is 11.8. The second kappa shape index (κ2) is 4.32. The lowest BCUT2D eigenvalue weighted by Gasteiger charge is -2.22. The number of hydrogen-bond donors (Lipinski definition) is 0. The van der Waals surface area contributed by atoms with Crippen LogP contribution in [0.15, 0.2) is 29.3 Å². The van der Waals surface area contributed by atoms with Gasteiger partial charge in [0, 0.05) is 12.1 Å². The number of carbonyl (C=O) groups excluding carboxylic acids is 1. The van der Waals surface area contributed by atoms with Crippen molar-refractivity contribution in [2.45, 2.75) is 32.8 Å². The predicted octanol–water partition coefficient (Wildman–Crippen LogP) is 2.37. The lowest BCUT2D eigenvalue weighted by atomic mass is 9.97. The maximum absolute atomic E-state index is 12.0. The molecule has 0 spiro atoms. The average Bonchev–Trinajstić information content (AvgIpc) is 2.26.